The zero-order valence-electron chi connectivity index (χ0n) is 14.6. The number of carbonyl (C=O) groups excluding carboxylic acids is 2. The highest BCUT2D eigenvalue weighted by molar-refractivity contribution is 5.88. The molecule has 1 atom stereocenters. The molecule has 0 saturated heterocycles. The summed E-state index contributed by atoms with van der Waals surface area (Å²) in [5, 5.41) is 5.64. The number of hydrogen-bond acceptors (Lipinski definition) is 2. The van der Waals surface area contributed by atoms with Gasteiger partial charge in [0.05, 0.1) is 0 Å². The highest BCUT2D eigenvalue weighted by atomic mass is 16.2. The number of nitrogens with one attached hydrogen (secondary N) is 2. The fraction of sp³-hybridized carbons (Fsp3) is 0.556. The van der Waals surface area contributed by atoms with E-state index in [-0.39, 0.29) is 11.9 Å². The number of hydrogen-bond donors (Lipinski definition) is 2. The smallest absolute Gasteiger partial charge is 0.315 e. The van der Waals surface area contributed by atoms with Gasteiger partial charge in [-0.2, -0.15) is 0 Å². The van der Waals surface area contributed by atoms with Crippen molar-refractivity contribution in [2.45, 2.75) is 40.2 Å². The molecule has 0 spiro atoms. The van der Waals surface area contributed by atoms with E-state index in [9.17, 15) is 9.59 Å². The van der Waals surface area contributed by atoms with Gasteiger partial charge in [-0.3, -0.25) is 4.79 Å². The topological polar surface area (TPSA) is 61.4 Å². The Morgan fingerprint density at radius 1 is 1.09 bits per heavy atom. The minimum Gasteiger partial charge on any atom is -0.341 e. The second-order valence-corrected chi connectivity index (χ2v) is 5.94. The number of carbonyl (C=O) groups is 2. The number of nitrogens with zero attached hydrogens (tertiary/aromatic N) is 1. The van der Waals surface area contributed by atoms with Gasteiger partial charge < -0.3 is 15.5 Å². The summed E-state index contributed by atoms with van der Waals surface area (Å²) in [4.78, 5) is 26.6. The first-order valence-corrected chi connectivity index (χ1v) is 8.37. The van der Waals surface area contributed by atoms with Gasteiger partial charge in [0, 0.05) is 19.6 Å². The van der Waals surface area contributed by atoms with Crippen LogP contribution >= 0.6 is 0 Å². The fourth-order valence-electron chi connectivity index (χ4n) is 2.31. The Balaban J connectivity index is 2.80. The lowest BCUT2D eigenvalue weighted by atomic mass is 10.1. The normalized spacial score (nSPS) is 11.9. The van der Waals surface area contributed by atoms with Crippen molar-refractivity contribution < 1.29 is 9.59 Å². The Morgan fingerprint density at radius 3 is 2.22 bits per heavy atom. The highest BCUT2D eigenvalue weighted by Crippen LogP contribution is 2.15. The van der Waals surface area contributed by atoms with Crippen molar-refractivity contribution in [3.05, 3.63) is 35.9 Å². The molecule has 0 bridgehead atoms. The van der Waals surface area contributed by atoms with Crippen molar-refractivity contribution >= 4 is 11.9 Å². The Bertz CT molecular complexity index is 484. The lowest BCUT2D eigenvalue weighted by Gasteiger charge is -2.26. The summed E-state index contributed by atoms with van der Waals surface area (Å²) >= 11 is 0. The fourth-order valence-corrected chi connectivity index (χ4v) is 2.31. The predicted octanol–water partition coefficient (Wildman–Crippen LogP) is 2.94. The van der Waals surface area contributed by atoms with Crippen LogP contribution in [0.25, 0.3) is 0 Å². The molecule has 0 radical (unpaired) electrons. The molecule has 128 valence electrons. The summed E-state index contributed by atoms with van der Waals surface area (Å²) in [7, 11) is 0. The van der Waals surface area contributed by atoms with Gasteiger partial charge in [-0.05, 0) is 31.7 Å². The molecule has 0 saturated carbocycles. The maximum Gasteiger partial charge on any atom is 0.315 e. The molecule has 0 aliphatic rings. The summed E-state index contributed by atoms with van der Waals surface area (Å²) in [6.07, 6.45) is 0.910. The molecule has 23 heavy (non-hydrogen) atoms. The molecule has 0 unspecified atom stereocenters. The zero-order chi connectivity index (χ0) is 17.2. The molecular formula is C18H29N3O2. The molecule has 5 nitrogen and oxygen atoms in total. The number of rotatable bonds is 8. The van der Waals surface area contributed by atoms with Crippen molar-refractivity contribution in [1.82, 2.24) is 15.5 Å². The monoisotopic (exact) mass is 319 g/mol. The number of amides is 3. The van der Waals surface area contributed by atoms with Gasteiger partial charge in [0.1, 0.15) is 6.04 Å². The Kier molecular flexibility index (Phi) is 8.16. The van der Waals surface area contributed by atoms with Gasteiger partial charge >= 0.3 is 6.03 Å². The van der Waals surface area contributed by atoms with Crippen LogP contribution in [0, 0.1) is 5.92 Å². The summed E-state index contributed by atoms with van der Waals surface area (Å²) in [6.45, 7) is 9.93. The maximum atomic E-state index is 12.7. The first-order valence-electron chi connectivity index (χ1n) is 8.37. The summed E-state index contributed by atoms with van der Waals surface area (Å²) in [5.74, 6) is 0.442. The van der Waals surface area contributed by atoms with Crippen LogP contribution in [0.2, 0.25) is 0 Å². The van der Waals surface area contributed by atoms with Crippen LogP contribution in [-0.4, -0.2) is 36.5 Å². The third kappa shape index (κ3) is 6.30. The average Bonchev–Trinajstić information content (AvgIpc) is 2.54. The Hall–Kier alpha value is -2.04. The molecule has 0 fully saturated rings. The van der Waals surface area contributed by atoms with Crippen LogP contribution in [0.1, 0.15) is 45.7 Å². The number of urea groups is 1. The minimum atomic E-state index is -0.657. The number of benzene rings is 1. The van der Waals surface area contributed by atoms with Gasteiger partial charge in [0.25, 0.3) is 0 Å². The molecule has 1 rings (SSSR count). The van der Waals surface area contributed by atoms with Gasteiger partial charge in [0.15, 0.2) is 0 Å². The number of likely N-dealkylation sites (N-methyl/N-ethyl adjacent to an activating group) is 1. The SMILES string of the molecule is CCN(CC)C(=O)[C@@H](NC(=O)NCCC(C)C)c1ccccc1. The van der Waals surface area contributed by atoms with Crippen LogP contribution < -0.4 is 10.6 Å². The molecule has 5 heteroatoms. The molecular weight excluding hydrogens is 290 g/mol. The van der Waals surface area contributed by atoms with E-state index in [1.807, 2.05) is 44.2 Å². The predicted molar refractivity (Wildman–Crippen MR) is 93.1 cm³/mol. The third-order valence-electron chi connectivity index (χ3n) is 3.74. The largest absolute Gasteiger partial charge is 0.341 e. The first kappa shape index (κ1) is 19.0. The van der Waals surface area contributed by atoms with E-state index in [1.54, 1.807) is 4.90 Å². The summed E-state index contributed by atoms with van der Waals surface area (Å²) in [5.41, 5.74) is 0.795. The summed E-state index contributed by atoms with van der Waals surface area (Å²) in [6, 6.07) is 8.40. The summed E-state index contributed by atoms with van der Waals surface area (Å²) < 4.78 is 0. The van der Waals surface area contributed by atoms with E-state index in [2.05, 4.69) is 24.5 Å². The lowest BCUT2D eigenvalue weighted by molar-refractivity contribution is -0.133. The standard InChI is InChI=1S/C18H29N3O2/c1-5-21(6-2)17(22)16(15-10-8-7-9-11-15)20-18(23)19-13-12-14(3)4/h7-11,14,16H,5-6,12-13H2,1-4H3,(H2,19,20,23)/t16-/m0/s1. The van der Waals surface area contributed by atoms with Crippen molar-refractivity contribution in [2.75, 3.05) is 19.6 Å². The molecule has 0 aromatic heterocycles. The van der Waals surface area contributed by atoms with Crippen molar-refractivity contribution in [1.29, 1.82) is 0 Å². The molecule has 0 aliphatic carbocycles. The zero-order valence-corrected chi connectivity index (χ0v) is 14.6. The average molecular weight is 319 g/mol. The molecule has 0 heterocycles. The molecule has 2 N–H and O–H groups in total. The van der Waals surface area contributed by atoms with Crippen molar-refractivity contribution in [2.24, 2.45) is 5.92 Å². The first-order chi connectivity index (χ1) is 11.0. The van der Waals surface area contributed by atoms with Crippen LogP contribution in [0.15, 0.2) is 30.3 Å². The van der Waals surface area contributed by atoms with E-state index in [4.69, 9.17) is 0 Å². The van der Waals surface area contributed by atoms with Gasteiger partial charge in [-0.15, -0.1) is 0 Å². The van der Waals surface area contributed by atoms with E-state index >= 15 is 0 Å². The van der Waals surface area contributed by atoms with Crippen molar-refractivity contribution in [3.8, 4) is 0 Å². The Labute approximate surface area is 139 Å². The minimum absolute atomic E-state index is 0.0831. The second-order valence-electron chi connectivity index (χ2n) is 5.94. The molecule has 0 aliphatic heterocycles. The van der Waals surface area contributed by atoms with Crippen LogP contribution in [0.5, 0.6) is 0 Å². The maximum absolute atomic E-state index is 12.7. The van der Waals surface area contributed by atoms with Crippen molar-refractivity contribution in [3.63, 3.8) is 0 Å². The molecule has 3 amide bonds. The quantitative estimate of drug-likeness (QED) is 0.774. The van der Waals surface area contributed by atoms with Gasteiger partial charge in [0.2, 0.25) is 5.91 Å². The van der Waals surface area contributed by atoms with Crippen LogP contribution in [0.3, 0.4) is 0 Å². The molecule has 1 aromatic rings. The highest BCUT2D eigenvalue weighted by Gasteiger charge is 2.25. The molecule has 1 aromatic carbocycles. The second kappa shape index (κ2) is 9.87. The Morgan fingerprint density at radius 2 is 1.70 bits per heavy atom. The van der Waals surface area contributed by atoms with E-state index in [1.165, 1.54) is 0 Å². The van der Waals surface area contributed by atoms with E-state index < -0.39 is 6.04 Å². The lowest BCUT2D eigenvalue weighted by Crippen LogP contribution is -2.46. The van der Waals surface area contributed by atoms with E-state index in [0.29, 0.717) is 25.6 Å². The van der Waals surface area contributed by atoms with Gasteiger partial charge in [-0.1, -0.05) is 44.2 Å². The third-order valence-corrected chi connectivity index (χ3v) is 3.74. The van der Waals surface area contributed by atoms with Crippen LogP contribution in [-0.2, 0) is 4.79 Å². The van der Waals surface area contributed by atoms with E-state index in [0.717, 1.165) is 12.0 Å². The van der Waals surface area contributed by atoms with Crippen LogP contribution in [0.4, 0.5) is 4.79 Å². The van der Waals surface area contributed by atoms with Gasteiger partial charge in [-0.25, -0.2) is 4.79 Å².